The first-order valence-corrected chi connectivity index (χ1v) is 4.55. The lowest BCUT2D eigenvalue weighted by atomic mass is 9.97. The van der Waals surface area contributed by atoms with Crippen LogP contribution in [0.25, 0.3) is 0 Å². The Labute approximate surface area is 74.3 Å². The number of hydrogen-bond acceptors (Lipinski definition) is 1. The first kappa shape index (κ1) is 11.2. The van der Waals surface area contributed by atoms with Gasteiger partial charge in [0, 0.05) is 6.42 Å². The first-order chi connectivity index (χ1) is 5.70. The summed E-state index contributed by atoms with van der Waals surface area (Å²) < 4.78 is 0. The molecule has 1 N–H and O–H groups in total. The molecule has 0 heterocycles. The van der Waals surface area contributed by atoms with Crippen molar-refractivity contribution in [1.29, 1.82) is 0 Å². The van der Waals surface area contributed by atoms with E-state index in [1.807, 2.05) is 6.08 Å². The maximum Gasteiger partial charge on any atom is 0.303 e. The zero-order chi connectivity index (χ0) is 9.40. The zero-order valence-electron chi connectivity index (χ0n) is 7.75. The van der Waals surface area contributed by atoms with Crippen LogP contribution in [-0.2, 0) is 4.79 Å². The quantitative estimate of drug-likeness (QED) is 0.596. The molecule has 0 aromatic carbocycles. The van der Waals surface area contributed by atoms with E-state index in [1.54, 1.807) is 0 Å². The fourth-order valence-corrected chi connectivity index (χ4v) is 1.27. The minimum atomic E-state index is -0.700. The highest BCUT2D eigenvalue weighted by molar-refractivity contribution is 5.66. The monoisotopic (exact) mass is 170 g/mol. The Morgan fingerprint density at radius 3 is 2.67 bits per heavy atom. The van der Waals surface area contributed by atoms with Gasteiger partial charge in [0.1, 0.15) is 0 Å². The Morgan fingerprint density at radius 1 is 1.58 bits per heavy atom. The Kier molecular flexibility index (Phi) is 6.44. The lowest BCUT2D eigenvalue weighted by Crippen LogP contribution is -1.99. The minimum absolute atomic E-state index is 0.286. The van der Waals surface area contributed by atoms with Crippen molar-refractivity contribution < 1.29 is 9.90 Å². The van der Waals surface area contributed by atoms with Crippen molar-refractivity contribution in [2.45, 2.75) is 39.0 Å². The normalized spacial score (nSPS) is 12.4. The molecule has 0 bridgehead atoms. The topological polar surface area (TPSA) is 37.3 Å². The van der Waals surface area contributed by atoms with Crippen LogP contribution in [0.2, 0.25) is 0 Å². The summed E-state index contributed by atoms with van der Waals surface area (Å²) in [5, 5.41) is 8.40. The van der Waals surface area contributed by atoms with Crippen molar-refractivity contribution in [3.63, 3.8) is 0 Å². The molecule has 2 heteroatoms. The third-order valence-corrected chi connectivity index (χ3v) is 1.96. The largest absolute Gasteiger partial charge is 0.481 e. The van der Waals surface area contributed by atoms with Crippen molar-refractivity contribution >= 4 is 5.97 Å². The van der Waals surface area contributed by atoms with Crippen LogP contribution in [0, 0.1) is 5.92 Å². The van der Waals surface area contributed by atoms with Gasteiger partial charge in [-0.3, -0.25) is 4.79 Å². The lowest BCUT2D eigenvalue weighted by molar-refractivity contribution is -0.137. The average molecular weight is 170 g/mol. The number of carboxylic acid groups (broad SMARTS) is 1. The molecule has 2 nitrogen and oxygen atoms in total. The highest BCUT2D eigenvalue weighted by Gasteiger charge is 2.03. The van der Waals surface area contributed by atoms with E-state index in [4.69, 9.17) is 5.11 Å². The van der Waals surface area contributed by atoms with Crippen LogP contribution < -0.4 is 0 Å². The molecule has 0 aliphatic heterocycles. The number of allylic oxidation sites excluding steroid dienone is 1. The molecule has 0 fully saturated rings. The highest BCUT2D eigenvalue weighted by Crippen LogP contribution is 2.15. The van der Waals surface area contributed by atoms with Crippen LogP contribution >= 0.6 is 0 Å². The fourth-order valence-electron chi connectivity index (χ4n) is 1.27. The Balaban J connectivity index is 3.44. The van der Waals surface area contributed by atoms with Crippen LogP contribution in [0.5, 0.6) is 0 Å². The van der Waals surface area contributed by atoms with Gasteiger partial charge in [-0.2, -0.15) is 0 Å². The van der Waals surface area contributed by atoms with Gasteiger partial charge in [0.2, 0.25) is 0 Å². The van der Waals surface area contributed by atoms with E-state index in [1.165, 1.54) is 0 Å². The molecule has 0 aliphatic carbocycles. The van der Waals surface area contributed by atoms with Gasteiger partial charge in [0.05, 0.1) is 0 Å². The SMILES string of the molecule is C=CC(CCC)CCCC(=O)O. The van der Waals surface area contributed by atoms with Gasteiger partial charge < -0.3 is 5.11 Å². The number of aliphatic carboxylic acids is 1. The molecule has 0 aromatic heterocycles. The second kappa shape index (κ2) is 6.89. The number of hydrogen-bond donors (Lipinski definition) is 1. The first-order valence-electron chi connectivity index (χ1n) is 4.55. The molecule has 70 valence electrons. The van der Waals surface area contributed by atoms with E-state index in [0.29, 0.717) is 5.92 Å². The molecule has 0 aliphatic rings. The maximum atomic E-state index is 10.2. The van der Waals surface area contributed by atoms with Crippen LogP contribution in [0.1, 0.15) is 39.0 Å². The molecule has 1 unspecified atom stereocenters. The summed E-state index contributed by atoms with van der Waals surface area (Å²) in [5.41, 5.74) is 0. The predicted molar refractivity (Wildman–Crippen MR) is 50.1 cm³/mol. The maximum absolute atomic E-state index is 10.2. The minimum Gasteiger partial charge on any atom is -0.481 e. The van der Waals surface area contributed by atoms with E-state index in [2.05, 4.69) is 13.5 Å². The van der Waals surface area contributed by atoms with Crippen LogP contribution in [-0.4, -0.2) is 11.1 Å². The van der Waals surface area contributed by atoms with Crippen LogP contribution in [0.3, 0.4) is 0 Å². The van der Waals surface area contributed by atoms with E-state index >= 15 is 0 Å². The van der Waals surface area contributed by atoms with Gasteiger partial charge in [-0.05, 0) is 25.2 Å². The summed E-state index contributed by atoms with van der Waals surface area (Å²) in [4.78, 5) is 10.2. The molecule has 0 amide bonds. The van der Waals surface area contributed by atoms with Crippen molar-refractivity contribution in [1.82, 2.24) is 0 Å². The summed E-state index contributed by atoms with van der Waals surface area (Å²) in [6, 6.07) is 0. The van der Waals surface area contributed by atoms with E-state index in [0.717, 1.165) is 25.7 Å². The number of carbonyl (C=O) groups is 1. The molecule has 0 spiro atoms. The average Bonchev–Trinajstić information content (AvgIpc) is 2.02. The van der Waals surface area contributed by atoms with Crippen LogP contribution in [0.15, 0.2) is 12.7 Å². The third kappa shape index (κ3) is 5.96. The summed E-state index contributed by atoms with van der Waals surface area (Å²) in [6.45, 7) is 5.86. The number of carboxylic acids is 1. The fraction of sp³-hybridized carbons (Fsp3) is 0.700. The summed E-state index contributed by atoms with van der Waals surface area (Å²) in [7, 11) is 0. The smallest absolute Gasteiger partial charge is 0.303 e. The van der Waals surface area contributed by atoms with Gasteiger partial charge in [0.15, 0.2) is 0 Å². The van der Waals surface area contributed by atoms with E-state index in [9.17, 15) is 4.79 Å². The van der Waals surface area contributed by atoms with Crippen molar-refractivity contribution in [3.05, 3.63) is 12.7 Å². The molecule has 0 saturated carbocycles. The van der Waals surface area contributed by atoms with Gasteiger partial charge >= 0.3 is 5.97 Å². The van der Waals surface area contributed by atoms with Gasteiger partial charge in [-0.15, -0.1) is 6.58 Å². The molecule has 0 rings (SSSR count). The zero-order valence-corrected chi connectivity index (χ0v) is 7.75. The highest BCUT2D eigenvalue weighted by atomic mass is 16.4. The lowest BCUT2D eigenvalue weighted by Gasteiger charge is -2.08. The molecule has 0 radical (unpaired) electrons. The van der Waals surface area contributed by atoms with Gasteiger partial charge in [-0.1, -0.05) is 19.4 Å². The standard InChI is InChI=1S/C10H18O2/c1-3-6-9(4-2)7-5-8-10(11)12/h4,9H,2-3,5-8H2,1H3,(H,11,12). The molecule has 0 aromatic rings. The summed E-state index contributed by atoms with van der Waals surface area (Å²) in [6.07, 6.45) is 6.22. The molecular formula is C10H18O2. The Hall–Kier alpha value is -0.790. The molecule has 1 atom stereocenters. The second-order valence-electron chi connectivity index (χ2n) is 3.07. The van der Waals surface area contributed by atoms with Gasteiger partial charge in [-0.25, -0.2) is 0 Å². The third-order valence-electron chi connectivity index (χ3n) is 1.96. The van der Waals surface area contributed by atoms with E-state index < -0.39 is 5.97 Å². The summed E-state index contributed by atoms with van der Waals surface area (Å²) >= 11 is 0. The predicted octanol–water partition coefficient (Wildman–Crippen LogP) is 2.84. The Bertz CT molecular complexity index is 141. The molecule has 0 saturated heterocycles. The van der Waals surface area contributed by atoms with Crippen molar-refractivity contribution in [2.75, 3.05) is 0 Å². The second-order valence-corrected chi connectivity index (χ2v) is 3.07. The molecular weight excluding hydrogens is 152 g/mol. The molecule has 12 heavy (non-hydrogen) atoms. The summed E-state index contributed by atoms with van der Waals surface area (Å²) in [5.74, 6) is -0.191. The van der Waals surface area contributed by atoms with Crippen molar-refractivity contribution in [3.8, 4) is 0 Å². The van der Waals surface area contributed by atoms with Gasteiger partial charge in [0.25, 0.3) is 0 Å². The van der Waals surface area contributed by atoms with Crippen molar-refractivity contribution in [2.24, 2.45) is 5.92 Å². The van der Waals surface area contributed by atoms with Crippen LogP contribution in [0.4, 0.5) is 0 Å². The number of rotatable bonds is 7. The Morgan fingerprint density at radius 2 is 2.25 bits per heavy atom. The van der Waals surface area contributed by atoms with E-state index in [-0.39, 0.29) is 6.42 Å².